The van der Waals surface area contributed by atoms with Crippen LogP contribution in [0.3, 0.4) is 0 Å². The molecule has 1 N–H and O–H groups in total. The Morgan fingerprint density at radius 2 is 1.75 bits per heavy atom. The minimum Gasteiger partial charge on any atom is -0.507 e. The molecule has 0 saturated carbocycles. The van der Waals surface area contributed by atoms with Crippen molar-refractivity contribution < 1.29 is 33.7 Å². The molecule has 4 rings (SSSR count). The zero-order chi connectivity index (χ0) is 29.0. The van der Waals surface area contributed by atoms with Gasteiger partial charge in [0.1, 0.15) is 35.3 Å². The standard InChI is InChI=1S/C30H28N2O7S/c1-6-14-38-21-12-13-22(17(3)16-21)25(33)23-24(19-8-10-20(37-5)11-9-19)32(28(35)26(23)34)30-31-18(4)27(40-30)29(36)39-15-7-2/h6-13,16,24,33H,1-2,14-15H2,3-5H3/t24-/m1/s1. The third-order valence-corrected chi connectivity index (χ3v) is 7.34. The van der Waals surface area contributed by atoms with E-state index < -0.39 is 23.7 Å². The second-order valence-electron chi connectivity index (χ2n) is 8.82. The van der Waals surface area contributed by atoms with Gasteiger partial charge in [-0.05, 0) is 55.3 Å². The predicted molar refractivity (Wildman–Crippen MR) is 152 cm³/mol. The van der Waals surface area contributed by atoms with Gasteiger partial charge < -0.3 is 19.3 Å². The summed E-state index contributed by atoms with van der Waals surface area (Å²) in [5.41, 5.74) is 1.77. The van der Waals surface area contributed by atoms with Crippen molar-refractivity contribution in [2.24, 2.45) is 0 Å². The Hall–Kier alpha value is -4.70. The highest BCUT2D eigenvalue weighted by Gasteiger charge is 2.48. The van der Waals surface area contributed by atoms with Crippen molar-refractivity contribution in [2.45, 2.75) is 19.9 Å². The maximum atomic E-state index is 13.5. The number of anilines is 1. The van der Waals surface area contributed by atoms with Crippen molar-refractivity contribution >= 4 is 39.9 Å². The fraction of sp³-hybridized carbons (Fsp3) is 0.200. The zero-order valence-corrected chi connectivity index (χ0v) is 23.1. The van der Waals surface area contributed by atoms with Crippen LogP contribution in [0.4, 0.5) is 5.13 Å². The number of aliphatic hydroxyl groups excluding tert-OH is 1. The Balaban J connectivity index is 1.86. The van der Waals surface area contributed by atoms with E-state index in [-0.39, 0.29) is 27.9 Å². The topological polar surface area (TPSA) is 115 Å². The molecule has 0 bridgehead atoms. The lowest BCUT2D eigenvalue weighted by Gasteiger charge is -2.23. The molecule has 3 aromatic rings. The Bertz CT molecular complexity index is 1520. The highest BCUT2D eigenvalue weighted by Crippen LogP contribution is 2.44. The molecule has 0 spiro atoms. The first kappa shape index (κ1) is 28.3. The molecule has 0 radical (unpaired) electrons. The van der Waals surface area contributed by atoms with Crippen molar-refractivity contribution in [3.63, 3.8) is 0 Å². The largest absolute Gasteiger partial charge is 0.507 e. The van der Waals surface area contributed by atoms with Crippen LogP contribution in [0.5, 0.6) is 11.5 Å². The van der Waals surface area contributed by atoms with Crippen LogP contribution < -0.4 is 14.4 Å². The monoisotopic (exact) mass is 560 g/mol. The summed E-state index contributed by atoms with van der Waals surface area (Å²) in [5, 5.41) is 11.6. The molecule has 40 heavy (non-hydrogen) atoms. The molecule has 1 saturated heterocycles. The number of aliphatic hydroxyl groups is 1. The maximum absolute atomic E-state index is 13.5. The molecule has 206 valence electrons. The van der Waals surface area contributed by atoms with E-state index in [1.54, 1.807) is 62.4 Å². The summed E-state index contributed by atoms with van der Waals surface area (Å²) < 4.78 is 16.0. The van der Waals surface area contributed by atoms with E-state index in [9.17, 15) is 19.5 Å². The Labute approximate surface area is 235 Å². The van der Waals surface area contributed by atoms with Gasteiger partial charge in [0.05, 0.1) is 24.4 Å². The van der Waals surface area contributed by atoms with Crippen molar-refractivity contribution in [2.75, 3.05) is 25.2 Å². The first-order valence-electron chi connectivity index (χ1n) is 12.3. The number of rotatable bonds is 10. The van der Waals surface area contributed by atoms with E-state index >= 15 is 0 Å². The fourth-order valence-corrected chi connectivity index (χ4v) is 5.29. The number of Topliss-reactive ketones (excluding diaryl/α,β-unsaturated/α-hetero) is 1. The van der Waals surface area contributed by atoms with E-state index in [1.807, 2.05) is 0 Å². The molecule has 1 fully saturated rings. The van der Waals surface area contributed by atoms with Gasteiger partial charge in [-0.25, -0.2) is 9.78 Å². The van der Waals surface area contributed by atoms with Crippen LogP contribution in [0.25, 0.3) is 5.76 Å². The summed E-state index contributed by atoms with van der Waals surface area (Å²) in [5.74, 6) is -1.58. The maximum Gasteiger partial charge on any atom is 0.350 e. The first-order chi connectivity index (χ1) is 19.2. The number of carbonyl (C=O) groups is 3. The van der Waals surface area contributed by atoms with Gasteiger partial charge in [0.15, 0.2) is 5.13 Å². The smallest absolute Gasteiger partial charge is 0.350 e. The second-order valence-corrected chi connectivity index (χ2v) is 9.79. The summed E-state index contributed by atoms with van der Waals surface area (Å²) in [6, 6.07) is 10.8. The van der Waals surface area contributed by atoms with Crippen molar-refractivity contribution in [1.82, 2.24) is 4.98 Å². The Morgan fingerprint density at radius 1 is 1.07 bits per heavy atom. The van der Waals surface area contributed by atoms with E-state index in [1.165, 1.54) is 18.1 Å². The van der Waals surface area contributed by atoms with Crippen LogP contribution in [-0.4, -0.2) is 48.1 Å². The molecule has 9 nitrogen and oxygen atoms in total. The van der Waals surface area contributed by atoms with Crippen molar-refractivity contribution in [1.29, 1.82) is 0 Å². The van der Waals surface area contributed by atoms with Gasteiger partial charge >= 0.3 is 11.9 Å². The van der Waals surface area contributed by atoms with E-state index in [0.29, 0.717) is 40.5 Å². The van der Waals surface area contributed by atoms with Crippen molar-refractivity contribution in [3.8, 4) is 11.5 Å². The SMILES string of the molecule is C=CCOC(=O)c1sc(N2C(=O)C(=O)C(=C(O)c3ccc(OCC=C)cc3C)[C@H]2c2ccc(OC)cc2)nc1C. The average molecular weight is 561 g/mol. The average Bonchev–Trinajstić information content (AvgIpc) is 3.46. The summed E-state index contributed by atoms with van der Waals surface area (Å²) in [4.78, 5) is 45.4. The molecular formula is C30H28N2O7S. The minimum absolute atomic E-state index is 0.0125. The van der Waals surface area contributed by atoms with Crippen LogP contribution in [0, 0.1) is 13.8 Å². The number of ether oxygens (including phenoxy) is 3. The van der Waals surface area contributed by atoms with Gasteiger partial charge in [0.2, 0.25) is 0 Å². The molecule has 2 heterocycles. The summed E-state index contributed by atoms with van der Waals surface area (Å²) in [7, 11) is 1.53. The fourth-order valence-electron chi connectivity index (χ4n) is 4.30. The van der Waals surface area contributed by atoms with Gasteiger partial charge in [0, 0.05) is 5.56 Å². The van der Waals surface area contributed by atoms with Gasteiger partial charge in [-0.3, -0.25) is 14.5 Å². The molecule has 2 aromatic carbocycles. The molecular weight excluding hydrogens is 532 g/mol. The number of thiazole rings is 1. The molecule has 1 aliphatic heterocycles. The van der Waals surface area contributed by atoms with E-state index in [2.05, 4.69) is 18.1 Å². The number of methoxy groups -OCH3 is 1. The summed E-state index contributed by atoms with van der Waals surface area (Å²) in [6.45, 7) is 10.9. The third kappa shape index (κ3) is 5.39. The number of aromatic nitrogens is 1. The molecule has 1 amide bonds. The normalized spacial score (nSPS) is 16.1. The summed E-state index contributed by atoms with van der Waals surface area (Å²) in [6.07, 6.45) is 3.06. The van der Waals surface area contributed by atoms with Gasteiger partial charge in [-0.15, -0.1) is 0 Å². The first-order valence-corrected chi connectivity index (χ1v) is 13.1. The number of aryl methyl sites for hydroxylation is 2. The van der Waals surface area contributed by atoms with E-state index in [0.717, 1.165) is 11.3 Å². The van der Waals surface area contributed by atoms with E-state index in [4.69, 9.17) is 14.2 Å². The van der Waals surface area contributed by atoms with Crippen LogP contribution in [0.2, 0.25) is 0 Å². The Kier molecular flexibility index (Phi) is 8.49. The van der Waals surface area contributed by atoms with Gasteiger partial charge in [-0.2, -0.15) is 0 Å². The molecule has 1 aromatic heterocycles. The molecule has 0 unspecified atom stereocenters. The number of benzene rings is 2. The number of hydrogen-bond acceptors (Lipinski definition) is 9. The number of hydrogen-bond donors (Lipinski definition) is 1. The van der Waals surface area contributed by atoms with Crippen LogP contribution in [0.15, 0.2) is 73.3 Å². The lowest BCUT2D eigenvalue weighted by atomic mass is 9.94. The van der Waals surface area contributed by atoms with Gasteiger partial charge in [-0.1, -0.05) is 48.8 Å². The van der Waals surface area contributed by atoms with Crippen LogP contribution >= 0.6 is 11.3 Å². The van der Waals surface area contributed by atoms with Crippen LogP contribution in [-0.2, 0) is 14.3 Å². The highest BCUT2D eigenvalue weighted by atomic mass is 32.1. The number of nitrogens with zero attached hydrogens (tertiary/aromatic N) is 2. The molecule has 1 atom stereocenters. The molecule has 0 aliphatic carbocycles. The second kappa shape index (κ2) is 12.0. The zero-order valence-electron chi connectivity index (χ0n) is 22.3. The number of ketones is 1. The Morgan fingerprint density at radius 3 is 2.38 bits per heavy atom. The van der Waals surface area contributed by atoms with Crippen molar-refractivity contribution in [3.05, 3.63) is 101 Å². The van der Waals surface area contributed by atoms with Gasteiger partial charge in [0.25, 0.3) is 5.78 Å². The quantitative estimate of drug-likeness (QED) is 0.117. The number of esters is 1. The lowest BCUT2D eigenvalue weighted by molar-refractivity contribution is -0.132. The van der Waals surface area contributed by atoms with Crippen LogP contribution in [0.1, 0.15) is 38.1 Å². The summed E-state index contributed by atoms with van der Waals surface area (Å²) >= 11 is 0.929. The molecule has 10 heteroatoms. The highest BCUT2D eigenvalue weighted by molar-refractivity contribution is 7.17. The number of carbonyl (C=O) groups excluding carboxylic acids is 3. The number of amides is 1. The third-order valence-electron chi connectivity index (χ3n) is 6.21. The predicted octanol–water partition coefficient (Wildman–Crippen LogP) is 5.30. The minimum atomic E-state index is -1.02. The molecule has 1 aliphatic rings. The lowest BCUT2D eigenvalue weighted by Crippen LogP contribution is -2.29.